The summed E-state index contributed by atoms with van der Waals surface area (Å²) in [6.07, 6.45) is -10.7. The van der Waals surface area contributed by atoms with Crippen molar-refractivity contribution in [3.05, 3.63) is 0 Å². The lowest BCUT2D eigenvalue weighted by Crippen LogP contribution is -2.62. The molecule has 2 saturated heterocycles. The Hall–Kier alpha value is -0.480. The summed E-state index contributed by atoms with van der Waals surface area (Å²) in [7, 11) is -15.4. The van der Waals surface area contributed by atoms with Crippen LogP contribution in [0, 0.1) is 0 Å². The van der Waals surface area contributed by atoms with E-state index in [1.165, 1.54) is 0 Å². The number of hydrogen-bond acceptors (Lipinski definition) is 14. The van der Waals surface area contributed by atoms with Crippen LogP contribution in [0.25, 0.3) is 0 Å². The van der Waals surface area contributed by atoms with Crippen LogP contribution >= 0.6 is 0 Å². The predicted molar refractivity (Wildman–Crippen MR) is 103 cm³/mol. The topological polar surface area (TPSA) is 288 Å². The number of nitrogens with one attached hydrogen (secondary N) is 1. The van der Waals surface area contributed by atoms with Crippen LogP contribution in [0.5, 0.6) is 0 Å². The molecular weight excluding hydrogens is 562 g/mol. The van der Waals surface area contributed by atoms with E-state index >= 15 is 0 Å². The molecule has 0 aliphatic carbocycles. The maximum atomic E-state index is 11.4. The Kier molecular flexibility index (Phi) is 10.2. The molecule has 0 aromatic rings. The van der Waals surface area contributed by atoms with Gasteiger partial charge in [-0.05, 0) is 0 Å². The largest absolute Gasteiger partial charge is 0.397 e. The molecule has 6 N–H and O–H groups in total. The van der Waals surface area contributed by atoms with Gasteiger partial charge in [-0.3, -0.25) is 22.4 Å². The number of ether oxygens (including phenoxy) is 3. The van der Waals surface area contributed by atoms with E-state index in [-0.39, 0.29) is 6.61 Å². The first-order valence-corrected chi connectivity index (χ1v) is 14.0. The molecule has 34 heavy (non-hydrogen) atoms. The first-order chi connectivity index (χ1) is 15.4. The Labute approximate surface area is 195 Å². The van der Waals surface area contributed by atoms with Gasteiger partial charge in [0.2, 0.25) is 0 Å². The number of rotatable bonds is 11. The SMILES string of the molecule is O=S(O)OC1COC[C@H](O[C@@H]2OC(COS(=O)(=O)O)CC(OS(=O)(=O)O)[C@@H]2NS(=O)(=O)O)[C@@H]1O. The van der Waals surface area contributed by atoms with Gasteiger partial charge in [0.15, 0.2) is 6.29 Å². The summed E-state index contributed by atoms with van der Waals surface area (Å²) in [5, 5.41) is 10.3. The molecule has 0 amide bonds. The summed E-state index contributed by atoms with van der Waals surface area (Å²) in [4.78, 5) is 0. The monoisotopic (exact) mass is 583 g/mol. The highest BCUT2D eigenvalue weighted by molar-refractivity contribution is 7.83. The van der Waals surface area contributed by atoms with E-state index in [0.717, 1.165) is 0 Å². The van der Waals surface area contributed by atoms with Crippen molar-refractivity contribution >= 4 is 42.5 Å². The smallest absolute Gasteiger partial charge is 0.387 e. The Bertz CT molecular complexity index is 1030. The molecule has 0 bridgehead atoms. The van der Waals surface area contributed by atoms with Crippen LogP contribution in [0.2, 0.25) is 0 Å². The van der Waals surface area contributed by atoms with Crippen LogP contribution < -0.4 is 4.72 Å². The molecule has 2 aliphatic rings. The van der Waals surface area contributed by atoms with E-state index in [2.05, 4.69) is 12.5 Å². The minimum Gasteiger partial charge on any atom is -0.387 e. The third-order valence-electron chi connectivity index (χ3n) is 4.29. The van der Waals surface area contributed by atoms with Gasteiger partial charge < -0.3 is 19.3 Å². The van der Waals surface area contributed by atoms with Gasteiger partial charge >= 0.3 is 42.5 Å². The summed E-state index contributed by atoms with van der Waals surface area (Å²) in [6.45, 7) is -1.75. The minimum absolute atomic E-state index is 0.356. The lowest BCUT2D eigenvalue weighted by Gasteiger charge is -2.43. The van der Waals surface area contributed by atoms with E-state index in [1.807, 2.05) is 0 Å². The highest BCUT2D eigenvalue weighted by Crippen LogP contribution is 2.28. The van der Waals surface area contributed by atoms with E-state index < -0.39 is 105 Å². The van der Waals surface area contributed by atoms with Gasteiger partial charge in [-0.2, -0.15) is 34.2 Å². The highest BCUT2D eigenvalue weighted by Gasteiger charge is 2.47. The van der Waals surface area contributed by atoms with E-state index in [1.54, 1.807) is 4.72 Å². The summed E-state index contributed by atoms with van der Waals surface area (Å²) >= 11 is -2.82. The molecule has 19 nitrogen and oxygen atoms in total. The van der Waals surface area contributed by atoms with Crippen LogP contribution in [-0.4, -0.2) is 115 Å². The minimum atomic E-state index is -5.26. The highest BCUT2D eigenvalue weighted by atomic mass is 32.3. The fourth-order valence-electron chi connectivity index (χ4n) is 3.07. The number of hydrogen-bond donors (Lipinski definition) is 6. The van der Waals surface area contributed by atoms with Gasteiger partial charge in [-0.1, -0.05) is 0 Å². The standard InChI is InChI=1S/C11H21NO18S4/c13-10-7(3-25-4-8(10)29-31(14)15)28-11-9(12-32(16,17)18)6(30-34(22,23)24)1-5(27-11)2-26-33(19,20)21/h5-13H,1-4H2,(H,14,15)(H,16,17,18)(H,19,20,21)(H,22,23,24)/t5?,6?,7-,8?,9-,10-,11-/m0/s1. The van der Waals surface area contributed by atoms with Crippen LogP contribution in [0.3, 0.4) is 0 Å². The molecular formula is C11H21NO18S4. The van der Waals surface area contributed by atoms with Crippen LogP contribution in [0.1, 0.15) is 6.42 Å². The zero-order valence-electron chi connectivity index (χ0n) is 16.5. The van der Waals surface area contributed by atoms with E-state index in [9.17, 15) is 34.6 Å². The normalized spacial score (nSPS) is 34.6. The molecule has 2 aliphatic heterocycles. The van der Waals surface area contributed by atoms with Crippen molar-refractivity contribution in [3.63, 3.8) is 0 Å². The van der Waals surface area contributed by atoms with Gasteiger partial charge in [-0.15, -0.1) is 0 Å². The molecule has 2 heterocycles. The zero-order chi connectivity index (χ0) is 25.9. The predicted octanol–water partition coefficient (Wildman–Crippen LogP) is -3.83. The second-order valence-electron chi connectivity index (χ2n) is 6.81. The number of aliphatic hydroxyl groups is 1. The fraction of sp³-hybridized carbons (Fsp3) is 1.00. The summed E-state index contributed by atoms with van der Waals surface area (Å²) in [5.74, 6) is 0. The molecule has 0 radical (unpaired) electrons. The summed E-state index contributed by atoms with van der Waals surface area (Å²) < 4.78 is 144. The molecule has 0 spiro atoms. The molecule has 0 saturated carbocycles. The summed E-state index contributed by atoms with van der Waals surface area (Å²) in [6, 6.07) is -1.95. The van der Waals surface area contributed by atoms with Crippen LogP contribution in [-0.2, 0) is 69.2 Å². The Balaban J connectivity index is 2.33. The Morgan fingerprint density at radius 1 is 0.971 bits per heavy atom. The van der Waals surface area contributed by atoms with Crippen LogP contribution in [0.15, 0.2) is 0 Å². The van der Waals surface area contributed by atoms with Gasteiger partial charge in [-0.25, -0.2) is 8.37 Å². The Morgan fingerprint density at radius 2 is 1.59 bits per heavy atom. The summed E-state index contributed by atoms with van der Waals surface area (Å²) in [5.41, 5.74) is 0. The van der Waals surface area contributed by atoms with Crippen molar-refractivity contribution in [1.29, 1.82) is 0 Å². The maximum Gasteiger partial charge on any atom is 0.397 e. The molecule has 2 rings (SSSR count). The zero-order valence-corrected chi connectivity index (χ0v) is 19.8. The van der Waals surface area contributed by atoms with Crippen molar-refractivity contribution in [2.45, 2.75) is 49.3 Å². The molecule has 4 unspecified atom stereocenters. The number of aliphatic hydroxyl groups excluding tert-OH is 1. The third kappa shape index (κ3) is 10.2. The van der Waals surface area contributed by atoms with E-state index in [4.69, 9.17) is 32.4 Å². The lowest BCUT2D eigenvalue weighted by atomic mass is 10.0. The molecule has 2 fully saturated rings. The Morgan fingerprint density at radius 3 is 2.12 bits per heavy atom. The average Bonchev–Trinajstić information content (AvgIpc) is 2.62. The van der Waals surface area contributed by atoms with Crippen molar-refractivity contribution in [3.8, 4) is 0 Å². The average molecular weight is 584 g/mol. The van der Waals surface area contributed by atoms with Crippen LogP contribution in [0.4, 0.5) is 0 Å². The molecule has 0 aromatic heterocycles. The fourth-order valence-corrected chi connectivity index (χ4v) is 4.90. The quantitative estimate of drug-likeness (QED) is 0.100. The maximum absolute atomic E-state index is 11.4. The van der Waals surface area contributed by atoms with Crippen molar-refractivity contribution in [2.24, 2.45) is 0 Å². The lowest BCUT2D eigenvalue weighted by molar-refractivity contribution is -0.277. The van der Waals surface area contributed by atoms with Crippen molar-refractivity contribution < 1.29 is 79.5 Å². The second kappa shape index (κ2) is 11.7. The molecule has 23 heteroatoms. The van der Waals surface area contributed by atoms with Gasteiger partial charge in [0.1, 0.15) is 30.5 Å². The molecule has 202 valence electrons. The van der Waals surface area contributed by atoms with Gasteiger partial charge in [0.05, 0.1) is 25.9 Å². The first-order valence-electron chi connectivity index (χ1n) is 8.80. The van der Waals surface area contributed by atoms with Crippen molar-refractivity contribution in [2.75, 3.05) is 19.8 Å². The van der Waals surface area contributed by atoms with Gasteiger partial charge in [0, 0.05) is 6.42 Å². The third-order valence-corrected chi connectivity index (χ3v) is 6.20. The first kappa shape index (κ1) is 29.7. The molecule has 0 aromatic carbocycles. The van der Waals surface area contributed by atoms with Gasteiger partial charge in [0.25, 0.3) is 0 Å². The molecule has 8 atom stereocenters. The van der Waals surface area contributed by atoms with Crippen molar-refractivity contribution in [1.82, 2.24) is 4.72 Å². The second-order valence-corrected chi connectivity index (χ2v) is 10.8. The van der Waals surface area contributed by atoms with E-state index in [0.29, 0.717) is 0 Å².